The van der Waals surface area contributed by atoms with Crippen LogP contribution in [0.15, 0.2) is 27.3 Å². The molecule has 5 nitrogen and oxygen atoms in total. The summed E-state index contributed by atoms with van der Waals surface area (Å²) >= 11 is 7.59. The molecular weight excluding hydrogens is 362 g/mol. The summed E-state index contributed by atoms with van der Waals surface area (Å²) in [6.07, 6.45) is 7.59. The van der Waals surface area contributed by atoms with Crippen LogP contribution >= 0.6 is 23.4 Å². The van der Waals surface area contributed by atoms with Gasteiger partial charge in [0, 0.05) is 12.0 Å². The summed E-state index contributed by atoms with van der Waals surface area (Å²) in [6, 6.07) is 0.0815. The van der Waals surface area contributed by atoms with E-state index in [0.717, 1.165) is 45.1 Å². The smallest absolute Gasteiger partial charge is 0.344 e. The van der Waals surface area contributed by atoms with E-state index >= 15 is 0 Å². The molecule has 1 aliphatic carbocycles. The van der Waals surface area contributed by atoms with Gasteiger partial charge in [-0.1, -0.05) is 11.8 Å². The van der Waals surface area contributed by atoms with Gasteiger partial charge in [0.15, 0.2) is 0 Å². The Balaban J connectivity index is 1.86. The molecule has 2 fully saturated rings. The van der Waals surface area contributed by atoms with Crippen molar-refractivity contribution in [3.05, 3.63) is 22.3 Å². The van der Waals surface area contributed by atoms with Crippen molar-refractivity contribution in [3.8, 4) is 0 Å². The SMILES string of the molecule is CCOC(=O)C1=C(O)/C(=C/C2CCCO2)SC1=NC1CCCC(Cl)C1. The van der Waals surface area contributed by atoms with Crippen LogP contribution < -0.4 is 0 Å². The highest BCUT2D eigenvalue weighted by Gasteiger charge is 2.35. The molecule has 138 valence electrons. The Morgan fingerprint density at radius 3 is 2.96 bits per heavy atom. The first kappa shape index (κ1) is 18.8. The van der Waals surface area contributed by atoms with Crippen molar-refractivity contribution >= 4 is 34.4 Å². The van der Waals surface area contributed by atoms with Crippen molar-refractivity contribution < 1.29 is 19.4 Å². The van der Waals surface area contributed by atoms with Crippen LogP contribution in [0.5, 0.6) is 0 Å². The lowest BCUT2D eigenvalue weighted by molar-refractivity contribution is -0.138. The maximum Gasteiger partial charge on any atom is 0.344 e. The van der Waals surface area contributed by atoms with Gasteiger partial charge in [-0.2, -0.15) is 0 Å². The molecule has 0 aromatic carbocycles. The molecule has 3 rings (SSSR count). The molecule has 0 radical (unpaired) electrons. The Hall–Kier alpha value is -0.980. The van der Waals surface area contributed by atoms with Crippen LogP contribution in [0.2, 0.25) is 0 Å². The first-order valence-corrected chi connectivity index (χ1v) is 10.2. The minimum absolute atomic E-state index is 0.0191. The molecule has 2 heterocycles. The number of hydrogen-bond acceptors (Lipinski definition) is 6. The van der Waals surface area contributed by atoms with Gasteiger partial charge in [-0.3, -0.25) is 4.99 Å². The number of carbonyl (C=O) groups excluding carboxylic acids is 1. The van der Waals surface area contributed by atoms with Gasteiger partial charge in [-0.25, -0.2) is 4.79 Å². The van der Waals surface area contributed by atoms with Crippen molar-refractivity contribution in [1.82, 2.24) is 0 Å². The normalized spacial score (nSPS) is 33.4. The average molecular weight is 386 g/mol. The van der Waals surface area contributed by atoms with Crippen LogP contribution in [0, 0.1) is 0 Å². The van der Waals surface area contributed by atoms with Crippen molar-refractivity contribution in [1.29, 1.82) is 0 Å². The van der Waals surface area contributed by atoms with E-state index in [2.05, 4.69) is 0 Å². The number of rotatable bonds is 4. The van der Waals surface area contributed by atoms with Crippen LogP contribution in [-0.2, 0) is 14.3 Å². The van der Waals surface area contributed by atoms with Crippen LogP contribution in [0.1, 0.15) is 45.4 Å². The number of esters is 1. The van der Waals surface area contributed by atoms with Gasteiger partial charge >= 0.3 is 5.97 Å². The number of ether oxygens (including phenoxy) is 2. The van der Waals surface area contributed by atoms with Gasteiger partial charge in [-0.15, -0.1) is 11.6 Å². The first-order valence-electron chi connectivity index (χ1n) is 8.92. The molecule has 0 amide bonds. The predicted octanol–water partition coefficient (Wildman–Crippen LogP) is 4.12. The fraction of sp³-hybridized carbons (Fsp3) is 0.667. The summed E-state index contributed by atoms with van der Waals surface area (Å²) in [5.41, 5.74) is 0.174. The van der Waals surface area contributed by atoms with E-state index in [1.807, 2.05) is 6.08 Å². The highest BCUT2D eigenvalue weighted by atomic mass is 35.5. The number of aliphatic imine (C=N–C) groups is 1. The zero-order chi connectivity index (χ0) is 17.8. The van der Waals surface area contributed by atoms with Gasteiger partial charge in [0.05, 0.1) is 23.7 Å². The first-order chi connectivity index (χ1) is 12.1. The van der Waals surface area contributed by atoms with Crippen molar-refractivity contribution in [3.63, 3.8) is 0 Å². The van der Waals surface area contributed by atoms with Gasteiger partial charge in [0.1, 0.15) is 16.4 Å². The van der Waals surface area contributed by atoms with Crippen LogP contribution in [-0.4, -0.2) is 46.9 Å². The predicted molar refractivity (Wildman–Crippen MR) is 100 cm³/mol. The summed E-state index contributed by atoms with van der Waals surface area (Å²) in [4.78, 5) is 17.7. The summed E-state index contributed by atoms with van der Waals surface area (Å²) in [5, 5.41) is 11.2. The second kappa shape index (κ2) is 8.60. The Bertz CT molecular complexity index is 610. The third-order valence-corrected chi connectivity index (χ3v) is 6.00. The molecule has 0 aromatic rings. The zero-order valence-corrected chi connectivity index (χ0v) is 15.9. The Morgan fingerprint density at radius 1 is 1.44 bits per heavy atom. The maximum absolute atomic E-state index is 12.3. The molecular formula is C18H24ClNO4S. The highest BCUT2D eigenvalue weighted by molar-refractivity contribution is 8.18. The van der Waals surface area contributed by atoms with Crippen molar-refractivity contribution in [2.24, 2.45) is 4.99 Å². The van der Waals surface area contributed by atoms with Gasteiger partial charge in [0.25, 0.3) is 0 Å². The lowest BCUT2D eigenvalue weighted by atomic mass is 9.95. The summed E-state index contributed by atoms with van der Waals surface area (Å²) in [7, 11) is 0. The molecule has 3 aliphatic rings. The Labute approximate surface area is 157 Å². The van der Waals surface area contributed by atoms with Gasteiger partial charge < -0.3 is 14.6 Å². The largest absolute Gasteiger partial charge is 0.506 e. The van der Waals surface area contributed by atoms with E-state index < -0.39 is 5.97 Å². The molecule has 0 bridgehead atoms. The molecule has 2 aliphatic heterocycles. The van der Waals surface area contributed by atoms with E-state index in [1.54, 1.807) is 6.92 Å². The summed E-state index contributed by atoms with van der Waals surface area (Å²) < 4.78 is 10.7. The van der Waals surface area contributed by atoms with Gasteiger partial charge in [0.2, 0.25) is 0 Å². The second-order valence-electron chi connectivity index (χ2n) is 6.48. The van der Waals surface area contributed by atoms with E-state index in [9.17, 15) is 9.90 Å². The van der Waals surface area contributed by atoms with Crippen LogP contribution in [0.4, 0.5) is 0 Å². The molecule has 0 aromatic heterocycles. The Morgan fingerprint density at radius 2 is 2.28 bits per heavy atom. The van der Waals surface area contributed by atoms with E-state index in [0.29, 0.717) is 9.95 Å². The van der Waals surface area contributed by atoms with Crippen LogP contribution in [0.25, 0.3) is 0 Å². The number of hydrogen-bond donors (Lipinski definition) is 1. The van der Waals surface area contributed by atoms with Gasteiger partial charge in [-0.05, 0) is 51.5 Å². The fourth-order valence-electron chi connectivity index (χ4n) is 3.31. The minimum atomic E-state index is -0.528. The molecule has 3 unspecified atom stereocenters. The zero-order valence-electron chi connectivity index (χ0n) is 14.4. The number of alkyl halides is 1. The molecule has 0 spiro atoms. The second-order valence-corrected chi connectivity index (χ2v) is 8.13. The third-order valence-electron chi connectivity index (χ3n) is 4.55. The van der Waals surface area contributed by atoms with Crippen molar-refractivity contribution in [2.75, 3.05) is 13.2 Å². The summed E-state index contributed by atoms with van der Waals surface area (Å²) in [6.45, 7) is 2.73. The number of thioether (sulfide) groups is 1. The molecule has 25 heavy (non-hydrogen) atoms. The molecule has 1 saturated heterocycles. The monoisotopic (exact) mass is 385 g/mol. The lowest BCUT2D eigenvalue weighted by Crippen LogP contribution is -2.21. The Kier molecular flexibility index (Phi) is 6.47. The van der Waals surface area contributed by atoms with E-state index in [1.165, 1.54) is 11.8 Å². The topological polar surface area (TPSA) is 68.1 Å². The molecule has 3 atom stereocenters. The average Bonchev–Trinajstić information content (AvgIpc) is 3.17. The molecule has 1 saturated carbocycles. The van der Waals surface area contributed by atoms with E-state index in [-0.39, 0.29) is 35.5 Å². The van der Waals surface area contributed by atoms with E-state index in [4.69, 9.17) is 26.1 Å². The van der Waals surface area contributed by atoms with Crippen LogP contribution in [0.3, 0.4) is 0 Å². The van der Waals surface area contributed by atoms with Crippen molar-refractivity contribution in [2.45, 2.75) is 63.0 Å². The maximum atomic E-state index is 12.3. The fourth-order valence-corrected chi connectivity index (χ4v) is 4.78. The molecule has 1 N–H and O–H groups in total. The minimum Gasteiger partial charge on any atom is -0.506 e. The number of nitrogens with zero attached hydrogens (tertiary/aromatic N) is 1. The number of aliphatic hydroxyl groups excluding tert-OH is 1. The number of halogens is 1. The molecule has 7 heteroatoms. The summed E-state index contributed by atoms with van der Waals surface area (Å²) in [5.74, 6) is -0.573. The standard InChI is InChI=1S/C18H24ClNO4S/c1-2-23-18(22)15-16(21)14(10-13-7-4-8-24-13)25-17(15)20-12-6-3-5-11(19)9-12/h10-13,21H,2-9H2,1H3/b14-10-,20-17?. The third kappa shape index (κ3) is 4.60. The lowest BCUT2D eigenvalue weighted by Gasteiger charge is -2.22. The highest BCUT2D eigenvalue weighted by Crippen LogP contribution is 2.40. The quantitative estimate of drug-likeness (QED) is 0.582. The number of carbonyl (C=O) groups is 1. The number of aliphatic hydroxyl groups is 1.